The van der Waals surface area contributed by atoms with Crippen molar-refractivity contribution in [1.29, 1.82) is 0 Å². The predicted octanol–water partition coefficient (Wildman–Crippen LogP) is 2.74. The first-order valence-electron chi connectivity index (χ1n) is 8.03. The monoisotopic (exact) mass is 394 g/mol. The number of nitrogens with one attached hydrogen (secondary N) is 1. The van der Waals surface area contributed by atoms with Crippen molar-refractivity contribution in [3.05, 3.63) is 53.1 Å². The van der Waals surface area contributed by atoms with Gasteiger partial charge in [-0.15, -0.1) is 0 Å². The third-order valence-electron chi connectivity index (χ3n) is 4.26. The van der Waals surface area contributed by atoms with Gasteiger partial charge in [0.05, 0.1) is 12.0 Å². The molecule has 2 aromatic rings. The number of anilines is 1. The Morgan fingerprint density at radius 2 is 1.88 bits per heavy atom. The molecule has 1 amide bonds. The van der Waals surface area contributed by atoms with Gasteiger partial charge in [0.2, 0.25) is 15.9 Å². The summed E-state index contributed by atoms with van der Waals surface area (Å²) in [5, 5.41) is 0.576. The number of aryl methyl sites for hydroxylation is 1. The minimum absolute atomic E-state index is 0.108. The molecule has 138 valence electrons. The Labute approximate surface area is 157 Å². The van der Waals surface area contributed by atoms with E-state index in [1.807, 2.05) is 0 Å². The van der Waals surface area contributed by atoms with Crippen molar-refractivity contribution in [2.75, 3.05) is 18.6 Å². The second-order valence-corrected chi connectivity index (χ2v) is 8.28. The number of carbonyl (C=O) groups is 1. The van der Waals surface area contributed by atoms with Crippen LogP contribution in [0, 0.1) is 6.92 Å². The standard InChI is InChI=1S/C18H19ClN2O4S/c1-12-9-16(7-8-17(12)25-2)26(23,24)20-14-10-18(22)21(11-14)15-5-3-13(19)4-6-15/h3-9,14,20H,10-11H2,1-2H3/t14-/m1/s1. The van der Waals surface area contributed by atoms with Crippen LogP contribution in [0.1, 0.15) is 12.0 Å². The number of methoxy groups -OCH3 is 1. The van der Waals surface area contributed by atoms with E-state index in [1.54, 1.807) is 48.2 Å². The smallest absolute Gasteiger partial charge is 0.240 e. The van der Waals surface area contributed by atoms with Crippen LogP contribution in [-0.2, 0) is 14.8 Å². The van der Waals surface area contributed by atoms with Gasteiger partial charge in [0.1, 0.15) is 5.75 Å². The topological polar surface area (TPSA) is 75.7 Å². The van der Waals surface area contributed by atoms with E-state index in [9.17, 15) is 13.2 Å². The van der Waals surface area contributed by atoms with Gasteiger partial charge in [0.15, 0.2) is 0 Å². The summed E-state index contributed by atoms with van der Waals surface area (Å²) in [6, 6.07) is 11.0. The van der Waals surface area contributed by atoms with E-state index in [1.165, 1.54) is 13.2 Å². The zero-order valence-corrected chi connectivity index (χ0v) is 16.0. The third-order valence-corrected chi connectivity index (χ3v) is 6.03. The summed E-state index contributed by atoms with van der Waals surface area (Å²) in [5.41, 5.74) is 1.42. The summed E-state index contributed by atoms with van der Waals surface area (Å²) in [5.74, 6) is 0.486. The van der Waals surface area contributed by atoms with E-state index in [-0.39, 0.29) is 23.8 Å². The van der Waals surface area contributed by atoms with Crippen molar-refractivity contribution in [2.24, 2.45) is 0 Å². The first-order chi connectivity index (χ1) is 12.3. The van der Waals surface area contributed by atoms with E-state index in [4.69, 9.17) is 16.3 Å². The fourth-order valence-electron chi connectivity index (χ4n) is 2.96. The third kappa shape index (κ3) is 3.85. The van der Waals surface area contributed by atoms with E-state index < -0.39 is 16.1 Å². The number of sulfonamides is 1. The number of nitrogens with zero attached hydrogens (tertiary/aromatic N) is 1. The average molecular weight is 395 g/mol. The Hall–Kier alpha value is -2.09. The molecule has 0 aromatic heterocycles. The molecule has 0 saturated carbocycles. The number of carbonyl (C=O) groups excluding carboxylic acids is 1. The predicted molar refractivity (Wildman–Crippen MR) is 100 cm³/mol. The van der Waals surface area contributed by atoms with Gasteiger partial charge in [-0.2, -0.15) is 0 Å². The van der Waals surface area contributed by atoms with Gasteiger partial charge in [-0.1, -0.05) is 11.6 Å². The van der Waals surface area contributed by atoms with Gasteiger partial charge in [-0.05, 0) is 55.0 Å². The molecule has 1 saturated heterocycles. The van der Waals surface area contributed by atoms with Crippen molar-refractivity contribution >= 4 is 33.2 Å². The molecule has 1 aliphatic heterocycles. The quantitative estimate of drug-likeness (QED) is 0.846. The normalized spacial score (nSPS) is 17.6. The molecule has 0 spiro atoms. The van der Waals surface area contributed by atoms with Crippen LogP contribution in [0.4, 0.5) is 5.69 Å². The Balaban J connectivity index is 1.75. The van der Waals surface area contributed by atoms with Crippen LogP contribution >= 0.6 is 11.6 Å². The molecule has 0 radical (unpaired) electrons. The van der Waals surface area contributed by atoms with Crippen LogP contribution in [0.2, 0.25) is 5.02 Å². The second kappa shape index (κ2) is 7.26. The molecule has 6 nitrogen and oxygen atoms in total. The summed E-state index contributed by atoms with van der Waals surface area (Å²) in [6.07, 6.45) is 0.108. The van der Waals surface area contributed by atoms with Crippen LogP contribution < -0.4 is 14.4 Å². The number of rotatable bonds is 5. The van der Waals surface area contributed by atoms with Crippen molar-refractivity contribution in [1.82, 2.24) is 4.72 Å². The molecular weight excluding hydrogens is 376 g/mol. The maximum absolute atomic E-state index is 12.6. The van der Waals surface area contributed by atoms with Crippen LogP contribution in [0.25, 0.3) is 0 Å². The van der Waals surface area contributed by atoms with Gasteiger partial charge in [0, 0.05) is 29.7 Å². The largest absolute Gasteiger partial charge is 0.496 e. The summed E-state index contributed by atoms with van der Waals surface area (Å²) in [6.45, 7) is 2.05. The van der Waals surface area contributed by atoms with Gasteiger partial charge >= 0.3 is 0 Å². The summed E-state index contributed by atoms with van der Waals surface area (Å²) < 4.78 is 33.0. The lowest BCUT2D eigenvalue weighted by molar-refractivity contribution is -0.117. The van der Waals surface area contributed by atoms with Gasteiger partial charge < -0.3 is 9.64 Å². The Morgan fingerprint density at radius 3 is 2.50 bits per heavy atom. The molecule has 3 rings (SSSR count). The van der Waals surface area contributed by atoms with Gasteiger partial charge in [0.25, 0.3) is 0 Å². The van der Waals surface area contributed by atoms with Crippen LogP contribution in [0.15, 0.2) is 47.4 Å². The lowest BCUT2D eigenvalue weighted by atomic mass is 10.2. The SMILES string of the molecule is COc1ccc(S(=O)(=O)N[C@@H]2CC(=O)N(c3ccc(Cl)cc3)C2)cc1C. The number of hydrogen-bond acceptors (Lipinski definition) is 4. The van der Waals surface area contributed by atoms with Crippen molar-refractivity contribution in [3.63, 3.8) is 0 Å². The molecule has 0 aliphatic carbocycles. The zero-order chi connectivity index (χ0) is 18.9. The molecular formula is C18H19ClN2O4S. The first kappa shape index (κ1) is 18.7. The molecule has 1 heterocycles. The van der Waals surface area contributed by atoms with Crippen LogP contribution in [0.5, 0.6) is 5.75 Å². The van der Waals surface area contributed by atoms with Crippen LogP contribution in [-0.4, -0.2) is 34.0 Å². The molecule has 2 aromatic carbocycles. The lowest BCUT2D eigenvalue weighted by Crippen LogP contribution is -2.37. The van der Waals surface area contributed by atoms with Crippen LogP contribution in [0.3, 0.4) is 0 Å². The molecule has 1 N–H and O–H groups in total. The van der Waals surface area contributed by atoms with E-state index >= 15 is 0 Å². The molecule has 0 unspecified atom stereocenters. The van der Waals surface area contributed by atoms with Gasteiger partial charge in [-0.3, -0.25) is 4.79 Å². The maximum atomic E-state index is 12.6. The van der Waals surface area contributed by atoms with Gasteiger partial charge in [-0.25, -0.2) is 13.1 Å². The second-order valence-electron chi connectivity index (χ2n) is 6.13. The molecule has 8 heteroatoms. The van der Waals surface area contributed by atoms with E-state index in [0.717, 1.165) is 5.56 Å². The number of halogens is 1. The Kier molecular flexibility index (Phi) is 5.22. The van der Waals surface area contributed by atoms with Crippen molar-refractivity contribution < 1.29 is 17.9 Å². The molecule has 0 bridgehead atoms. The first-order valence-corrected chi connectivity index (χ1v) is 9.89. The van der Waals surface area contributed by atoms with E-state index in [0.29, 0.717) is 16.5 Å². The minimum atomic E-state index is -3.73. The molecule has 1 aliphatic rings. The van der Waals surface area contributed by atoms with Crippen molar-refractivity contribution in [2.45, 2.75) is 24.3 Å². The summed E-state index contributed by atoms with van der Waals surface area (Å²) >= 11 is 5.87. The maximum Gasteiger partial charge on any atom is 0.240 e. The highest BCUT2D eigenvalue weighted by Crippen LogP contribution is 2.25. The number of benzene rings is 2. The molecule has 1 fully saturated rings. The number of ether oxygens (including phenoxy) is 1. The van der Waals surface area contributed by atoms with E-state index in [2.05, 4.69) is 4.72 Å². The molecule has 1 atom stereocenters. The zero-order valence-electron chi connectivity index (χ0n) is 14.4. The average Bonchev–Trinajstić information content (AvgIpc) is 2.95. The fraction of sp³-hybridized carbons (Fsp3) is 0.278. The summed E-state index contributed by atoms with van der Waals surface area (Å²) in [7, 11) is -2.20. The summed E-state index contributed by atoms with van der Waals surface area (Å²) in [4.78, 5) is 14.0. The lowest BCUT2D eigenvalue weighted by Gasteiger charge is -2.17. The van der Waals surface area contributed by atoms with Crippen molar-refractivity contribution in [3.8, 4) is 5.75 Å². The highest BCUT2D eigenvalue weighted by atomic mass is 35.5. The highest BCUT2D eigenvalue weighted by molar-refractivity contribution is 7.89. The minimum Gasteiger partial charge on any atom is -0.496 e. The highest BCUT2D eigenvalue weighted by Gasteiger charge is 2.33. The Morgan fingerprint density at radius 1 is 1.19 bits per heavy atom. The number of amides is 1. The Bertz CT molecular complexity index is 929. The number of hydrogen-bond donors (Lipinski definition) is 1. The fourth-order valence-corrected chi connectivity index (χ4v) is 4.40. The molecule has 26 heavy (non-hydrogen) atoms.